The standard InChI is InChI=1S/C15H10ClFN2O/c16-10-7-5-9(6-8-10)13-14(20-19-15(13)18)11-3-1-2-4-12(11)17/h1-8H,(H2,18,19). The average molecular weight is 289 g/mol. The van der Waals surface area contributed by atoms with Crippen LogP contribution in [0.15, 0.2) is 53.1 Å². The monoisotopic (exact) mass is 288 g/mol. The second kappa shape index (κ2) is 4.98. The van der Waals surface area contributed by atoms with Crippen molar-refractivity contribution in [3.8, 4) is 22.5 Å². The maximum Gasteiger partial charge on any atom is 0.179 e. The molecule has 1 heterocycles. The Morgan fingerprint density at radius 2 is 1.75 bits per heavy atom. The number of nitrogen functional groups attached to an aromatic ring is 1. The molecule has 0 radical (unpaired) electrons. The smallest absolute Gasteiger partial charge is 0.179 e. The van der Waals surface area contributed by atoms with Gasteiger partial charge in [-0.2, -0.15) is 0 Å². The molecule has 0 saturated heterocycles. The second-order valence-corrected chi connectivity index (χ2v) is 4.70. The third-order valence-corrected chi connectivity index (χ3v) is 3.22. The zero-order valence-electron chi connectivity index (χ0n) is 10.3. The van der Waals surface area contributed by atoms with Crippen LogP contribution in [0.3, 0.4) is 0 Å². The van der Waals surface area contributed by atoms with Gasteiger partial charge in [-0.15, -0.1) is 0 Å². The second-order valence-electron chi connectivity index (χ2n) is 4.26. The van der Waals surface area contributed by atoms with Gasteiger partial charge in [0.05, 0.1) is 11.1 Å². The number of hydrogen-bond donors (Lipinski definition) is 1. The molecule has 2 aromatic carbocycles. The third kappa shape index (κ3) is 2.14. The number of hydrogen-bond acceptors (Lipinski definition) is 3. The fourth-order valence-electron chi connectivity index (χ4n) is 2.03. The Balaban J connectivity index is 2.20. The lowest BCUT2D eigenvalue weighted by atomic mass is 10.0. The first-order valence-corrected chi connectivity index (χ1v) is 6.30. The molecule has 100 valence electrons. The van der Waals surface area contributed by atoms with Crippen molar-refractivity contribution in [1.29, 1.82) is 0 Å². The van der Waals surface area contributed by atoms with Gasteiger partial charge in [0.1, 0.15) is 5.82 Å². The van der Waals surface area contributed by atoms with Crippen molar-refractivity contribution in [2.75, 3.05) is 5.73 Å². The van der Waals surface area contributed by atoms with E-state index in [1.54, 1.807) is 42.5 Å². The molecule has 0 aliphatic heterocycles. The highest BCUT2D eigenvalue weighted by molar-refractivity contribution is 6.30. The van der Waals surface area contributed by atoms with E-state index in [1.807, 2.05) is 0 Å². The molecule has 0 bridgehead atoms. The zero-order valence-corrected chi connectivity index (χ0v) is 11.1. The van der Waals surface area contributed by atoms with Crippen molar-refractivity contribution in [2.45, 2.75) is 0 Å². The molecule has 0 aliphatic rings. The van der Waals surface area contributed by atoms with E-state index in [0.717, 1.165) is 5.56 Å². The third-order valence-electron chi connectivity index (χ3n) is 2.97. The van der Waals surface area contributed by atoms with Crippen LogP contribution in [0.2, 0.25) is 5.02 Å². The Hall–Kier alpha value is -2.33. The van der Waals surface area contributed by atoms with Gasteiger partial charge in [0.25, 0.3) is 0 Å². The summed E-state index contributed by atoms with van der Waals surface area (Å²) in [5.41, 5.74) is 7.49. The molecule has 0 amide bonds. The molecule has 20 heavy (non-hydrogen) atoms. The van der Waals surface area contributed by atoms with E-state index in [2.05, 4.69) is 5.16 Å². The van der Waals surface area contributed by atoms with Crippen LogP contribution in [0.1, 0.15) is 0 Å². The molecule has 5 heteroatoms. The molecule has 0 aliphatic carbocycles. The van der Waals surface area contributed by atoms with Crippen LogP contribution in [0.5, 0.6) is 0 Å². The summed E-state index contributed by atoms with van der Waals surface area (Å²) in [6, 6.07) is 13.4. The number of rotatable bonds is 2. The van der Waals surface area contributed by atoms with E-state index in [4.69, 9.17) is 21.9 Å². The summed E-state index contributed by atoms with van der Waals surface area (Å²) >= 11 is 5.86. The zero-order chi connectivity index (χ0) is 14.1. The number of benzene rings is 2. The number of nitrogens with two attached hydrogens (primary N) is 1. The van der Waals surface area contributed by atoms with Gasteiger partial charge in [-0.25, -0.2) is 4.39 Å². The number of anilines is 1. The van der Waals surface area contributed by atoms with E-state index in [0.29, 0.717) is 21.9 Å². The largest absolute Gasteiger partial charge is 0.380 e. The number of nitrogens with zero attached hydrogens (tertiary/aromatic N) is 1. The average Bonchev–Trinajstić information content (AvgIpc) is 2.82. The normalized spacial score (nSPS) is 10.7. The topological polar surface area (TPSA) is 52.0 Å². The lowest BCUT2D eigenvalue weighted by Gasteiger charge is -2.04. The van der Waals surface area contributed by atoms with Crippen molar-refractivity contribution in [3.05, 3.63) is 59.4 Å². The maximum absolute atomic E-state index is 13.9. The Labute approximate surface area is 119 Å². The van der Waals surface area contributed by atoms with E-state index < -0.39 is 0 Å². The molecular weight excluding hydrogens is 279 g/mol. The summed E-state index contributed by atoms with van der Waals surface area (Å²) in [5.74, 6) is 0.132. The lowest BCUT2D eigenvalue weighted by molar-refractivity contribution is 0.433. The fourth-order valence-corrected chi connectivity index (χ4v) is 2.15. The molecule has 0 unspecified atom stereocenters. The van der Waals surface area contributed by atoms with Crippen LogP contribution in [0.25, 0.3) is 22.5 Å². The van der Waals surface area contributed by atoms with E-state index in [9.17, 15) is 4.39 Å². The molecule has 0 spiro atoms. The predicted molar refractivity (Wildman–Crippen MR) is 76.8 cm³/mol. The Morgan fingerprint density at radius 1 is 1.05 bits per heavy atom. The van der Waals surface area contributed by atoms with Gasteiger partial charge in [0, 0.05) is 5.02 Å². The van der Waals surface area contributed by atoms with Gasteiger partial charge in [-0.05, 0) is 29.8 Å². The van der Waals surface area contributed by atoms with Gasteiger partial charge in [0.15, 0.2) is 11.6 Å². The van der Waals surface area contributed by atoms with Gasteiger partial charge < -0.3 is 10.3 Å². The van der Waals surface area contributed by atoms with Crippen LogP contribution < -0.4 is 5.73 Å². The highest BCUT2D eigenvalue weighted by Crippen LogP contribution is 2.37. The minimum Gasteiger partial charge on any atom is -0.380 e. The number of aromatic nitrogens is 1. The minimum absolute atomic E-state index is 0.213. The molecule has 1 aromatic heterocycles. The van der Waals surface area contributed by atoms with E-state index >= 15 is 0 Å². The Bertz CT molecular complexity index is 753. The first kappa shape index (κ1) is 12.7. The summed E-state index contributed by atoms with van der Waals surface area (Å²) in [6.07, 6.45) is 0. The van der Waals surface area contributed by atoms with Crippen LogP contribution in [0.4, 0.5) is 10.2 Å². The van der Waals surface area contributed by atoms with Crippen LogP contribution in [-0.2, 0) is 0 Å². The van der Waals surface area contributed by atoms with E-state index in [-0.39, 0.29) is 11.6 Å². The van der Waals surface area contributed by atoms with Gasteiger partial charge >= 0.3 is 0 Å². The van der Waals surface area contributed by atoms with Crippen LogP contribution in [0, 0.1) is 5.82 Å². The molecule has 2 N–H and O–H groups in total. The molecule has 0 fully saturated rings. The van der Waals surface area contributed by atoms with Crippen LogP contribution in [-0.4, -0.2) is 5.16 Å². The van der Waals surface area contributed by atoms with Crippen molar-refractivity contribution < 1.29 is 8.91 Å². The summed E-state index contributed by atoms with van der Waals surface area (Å²) in [4.78, 5) is 0. The highest BCUT2D eigenvalue weighted by atomic mass is 35.5. The van der Waals surface area contributed by atoms with Crippen LogP contribution >= 0.6 is 11.6 Å². The molecular formula is C15H10ClFN2O. The highest BCUT2D eigenvalue weighted by Gasteiger charge is 2.19. The number of halogens is 2. The quantitative estimate of drug-likeness (QED) is 0.761. The molecule has 0 atom stereocenters. The van der Waals surface area contributed by atoms with Gasteiger partial charge in [-0.1, -0.05) is 41.0 Å². The molecule has 0 saturated carbocycles. The Kier molecular flexibility index (Phi) is 3.16. The van der Waals surface area contributed by atoms with Gasteiger partial charge in [-0.3, -0.25) is 0 Å². The summed E-state index contributed by atoms with van der Waals surface area (Å²) < 4.78 is 19.1. The fraction of sp³-hybridized carbons (Fsp3) is 0. The summed E-state index contributed by atoms with van der Waals surface area (Å²) in [6.45, 7) is 0. The van der Waals surface area contributed by atoms with Crippen molar-refractivity contribution in [3.63, 3.8) is 0 Å². The van der Waals surface area contributed by atoms with Crippen molar-refractivity contribution in [2.24, 2.45) is 0 Å². The summed E-state index contributed by atoms with van der Waals surface area (Å²) in [5, 5.41) is 4.34. The minimum atomic E-state index is -0.390. The first-order chi connectivity index (χ1) is 9.66. The molecule has 3 rings (SSSR count). The predicted octanol–water partition coefficient (Wildman–Crippen LogP) is 4.38. The van der Waals surface area contributed by atoms with Gasteiger partial charge in [0.2, 0.25) is 0 Å². The summed E-state index contributed by atoms with van der Waals surface area (Å²) in [7, 11) is 0. The molecule has 3 aromatic rings. The maximum atomic E-state index is 13.9. The lowest BCUT2D eigenvalue weighted by Crippen LogP contribution is -1.89. The van der Waals surface area contributed by atoms with Crippen molar-refractivity contribution in [1.82, 2.24) is 5.16 Å². The SMILES string of the molecule is Nc1noc(-c2ccccc2F)c1-c1ccc(Cl)cc1. The first-order valence-electron chi connectivity index (χ1n) is 5.93. The van der Waals surface area contributed by atoms with Crippen molar-refractivity contribution >= 4 is 17.4 Å². The molecule has 3 nitrogen and oxygen atoms in total. The Morgan fingerprint density at radius 3 is 2.45 bits per heavy atom. The van der Waals surface area contributed by atoms with E-state index in [1.165, 1.54) is 6.07 Å².